The quantitative estimate of drug-likeness (QED) is 0.687. The zero-order valence-electron chi connectivity index (χ0n) is 11.2. The maximum absolute atomic E-state index is 13.7. The van der Waals surface area contributed by atoms with Crippen LogP contribution >= 0.6 is 27.5 Å². The molecule has 1 aromatic carbocycles. The minimum absolute atomic E-state index is 0.167. The molecule has 1 atom stereocenters. The van der Waals surface area contributed by atoms with E-state index in [1.807, 2.05) is 0 Å². The third kappa shape index (κ3) is 5.05. The van der Waals surface area contributed by atoms with Crippen LogP contribution in [-0.4, -0.2) is 12.6 Å². The lowest BCUT2D eigenvalue weighted by atomic mass is 9.98. The molecule has 0 aromatic heterocycles. The first kappa shape index (κ1) is 15.3. The number of hydrogen-bond acceptors (Lipinski definition) is 1. The molecule has 0 saturated heterocycles. The van der Waals surface area contributed by atoms with Crippen LogP contribution in [0.15, 0.2) is 16.6 Å². The maximum atomic E-state index is 13.7. The number of aryl methyl sites for hydroxylation is 1. The summed E-state index contributed by atoms with van der Waals surface area (Å²) >= 11 is 9.24. The van der Waals surface area contributed by atoms with Crippen LogP contribution in [0.3, 0.4) is 0 Å². The molecule has 1 aliphatic carbocycles. The Morgan fingerprint density at radius 3 is 2.84 bits per heavy atom. The third-order valence-corrected chi connectivity index (χ3v) is 4.84. The van der Waals surface area contributed by atoms with Crippen molar-refractivity contribution in [1.29, 1.82) is 0 Å². The zero-order valence-corrected chi connectivity index (χ0v) is 13.5. The Balaban J connectivity index is 1.75. The molecule has 0 amide bonds. The van der Waals surface area contributed by atoms with E-state index in [0.717, 1.165) is 37.4 Å². The highest BCUT2D eigenvalue weighted by molar-refractivity contribution is 9.10. The van der Waals surface area contributed by atoms with E-state index in [1.54, 1.807) is 6.07 Å². The topological polar surface area (TPSA) is 12.0 Å². The molecular formula is C15H20BrClFN. The fourth-order valence-corrected chi connectivity index (χ4v) is 2.62. The largest absolute Gasteiger partial charge is 0.314 e. The summed E-state index contributed by atoms with van der Waals surface area (Å²) in [6.07, 6.45) is 5.57. The summed E-state index contributed by atoms with van der Waals surface area (Å²) in [5.41, 5.74) is 0.718. The summed E-state index contributed by atoms with van der Waals surface area (Å²) < 4.78 is 14.4. The highest BCUT2D eigenvalue weighted by atomic mass is 79.9. The van der Waals surface area contributed by atoms with E-state index in [9.17, 15) is 4.39 Å². The van der Waals surface area contributed by atoms with Gasteiger partial charge < -0.3 is 5.32 Å². The van der Waals surface area contributed by atoms with Crippen LogP contribution in [0.4, 0.5) is 4.39 Å². The van der Waals surface area contributed by atoms with Crippen molar-refractivity contribution in [3.8, 4) is 0 Å². The van der Waals surface area contributed by atoms with Crippen molar-refractivity contribution >= 4 is 27.5 Å². The van der Waals surface area contributed by atoms with Crippen LogP contribution in [0.2, 0.25) is 5.02 Å². The Morgan fingerprint density at radius 2 is 2.16 bits per heavy atom. The van der Waals surface area contributed by atoms with Crippen molar-refractivity contribution in [2.75, 3.05) is 6.54 Å². The van der Waals surface area contributed by atoms with E-state index < -0.39 is 0 Å². The predicted octanol–water partition coefficient (Wildman–Crippen LogP) is 4.95. The fraction of sp³-hybridized carbons (Fsp3) is 0.600. The van der Waals surface area contributed by atoms with E-state index in [1.165, 1.54) is 18.9 Å². The number of hydrogen-bond donors (Lipinski definition) is 1. The molecule has 1 aromatic rings. The summed E-state index contributed by atoms with van der Waals surface area (Å²) in [4.78, 5) is 0. The van der Waals surface area contributed by atoms with E-state index >= 15 is 0 Å². The van der Waals surface area contributed by atoms with Gasteiger partial charge in [-0.2, -0.15) is 0 Å². The van der Waals surface area contributed by atoms with E-state index in [0.29, 0.717) is 15.4 Å². The van der Waals surface area contributed by atoms with Gasteiger partial charge in [0.15, 0.2) is 0 Å². The molecule has 4 heteroatoms. The van der Waals surface area contributed by atoms with Gasteiger partial charge in [0.05, 0.1) is 5.02 Å². The second-order valence-electron chi connectivity index (χ2n) is 5.52. The van der Waals surface area contributed by atoms with Gasteiger partial charge in [-0.15, -0.1) is 0 Å². The highest BCUT2D eigenvalue weighted by Crippen LogP contribution is 2.27. The van der Waals surface area contributed by atoms with E-state index in [2.05, 4.69) is 28.2 Å². The first-order chi connectivity index (χ1) is 9.06. The van der Waals surface area contributed by atoms with Crippen LogP contribution < -0.4 is 5.32 Å². The van der Waals surface area contributed by atoms with Crippen LogP contribution in [0, 0.1) is 11.7 Å². The monoisotopic (exact) mass is 347 g/mol. The smallest absolute Gasteiger partial charge is 0.127 e. The van der Waals surface area contributed by atoms with Gasteiger partial charge in [0, 0.05) is 10.5 Å². The summed E-state index contributed by atoms with van der Waals surface area (Å²) in [5, 5.41) is 4.10. The van der Waals surface area contributed by atoms with Crippen LogP contribution in [-0.2, 0) is 6.42 Å². The first-order valence-electron chi connectivity index (χ1n) is 6.93. The van der Waals surface area contributed by atoms with Gasteiger partial charge in [-0.1, -0.05) is 18.5 Å². The standard InChI is InChI=1S/C15H20BrClFN/c1-10(6-7-19-12-4-5-12)2-3-11-8-14(17)13(16)9-15(11)18/h8-10,12,19H,2-7H2,1H3. The average molecular weight is 349 g/mol. The SMILES string of the molecule is CC(CCNC1CC1)CCc1cc(Cl)c(Br)cc1F. The van der Waals surface area contributed by atoms with Crippen LogP contribution in [0.25, 0.3) is 0 Å². The van der Waals surface area contributed by atoms with Gasteiger partial charge in [0.1, 0.15) is 5.82 Å². The fourth-order valence-electron chi connectivity index (χ4n) is 2.12. The molecule has 1 aliphatic rings. The van der Waals surface area contributed by atoms with Gasteiger partial charge in [-0.3, -0.25) is 0 Å². The Hall–Kier alpha value is -0.120. The Labute approximate surface area is 128 Å². The van der Waals surface area contributed by atoms with Crippen molar-refractivity contribution < 1.29 is 4.39 Å². The molecule has 2 rings (SSSR count). The van der Waals surface area contributed by atoms with Crippen molar-refractivity contribution in [1.82, 2.24) is 5.32 Å². The van der Waals surface area contributed by atoms with Crippen molar-refractivity contribution in [2.24, 2.45) is 5.92 Å². The van der Waals surface area contributed by atoms with Crippen LogP contribution in [0.5, 0.6) is 0 Å². The predicted molar refractivity (Wildman–Crippen MR) is 82.2 cm³/mol. The van der Waals surface area contributed by atoms with Gasteiger partial charge in [-0.25, -0.2) is 4.39 Å². The molecule has 0 spiro atoms. The molecule has 0 heterocycles. The second-order valence-corrected chi connectivity index (χ2v) is 6.78. The van der Waals surface area contributed by atoms with Crippen molar-refractivity contribution in [2.45, 2.75) is 45.1 Å². The van der Waals surface area contributed by atoms with Gasteiger partial charge in [0.25, 0.3) is 0 Å². The normalized spacial score (nSPS) is 16.6. The number of halogens is 3. The van der Waals surface area contributed by atoms with Crippen molar-refractivity contribution in [3.63, 3.8) is 0 Å². The molecule has 1 fully saturated rings. The zero-order chi connectivity index (χ0) is 13.8. The highest BCUT2D eigenvalue weighted by Gasteiger charge is 2.20. The van der Waals surface area contributed by atoms with Crippen LogP contribution in [0.1, 0.15) is 38.2 Å². The molecule has 19 heavy (non-hydrogen) atoms. The third-order valence-electron chi connectivity index (χ3n) is 3.64. The summed E-state index contributed by atoms with van der Waals surface area (Å²) in [6, 6.07) is 3.96. The average Bonchev–Trinajstić information content (AvgIpc) is 3.16. The summed E-state index contributed by atoms with van der Waals surface area (Å²) in [5.74, 6) is 0.438. The van der Waals surface area contributed by atoms with E-state index in [-0.39, 0.29) is 5.82 Å². The number of rotatable bonds is 7. The molecule has 0 bridgehead atoms. The molecular weight excluding hydrogens is 329 g/mol. The molecule has 0 radical (unpaired) electrons. The lowest BCUT2D eigenvalue weighted by molar-refractivity contribution is 0.464. The molecule has 1 N–H and O–H groups in total. The Morgan fingerprint density at radius 1 is 1.42 bits per heavy atom. The lowest BCUT2D eigenvalue weighted by Gasteiger charge is -2.12. The lowest BCUT2D eigenvalue weighted by Crippen LogP contribution is -2.19. The molecule has 1 saturated carbocycles. The molecule has 1 unspecified atom stereocenters. The first-order valence-corrected chi connectivity index (χ1v) is 8.10. The minimum atomic E-state index is -0.167. The van der Waals surface area contributed by atoms with Crippen molar-refractivity contribution in [3.05, 3.63) is 33.0 Å². The summed E-state index contributed by atoms with van der Waals surface area (Å²) in [7, 11) is 0. The molecule has 1 nitrogen and oxygen atoms in total. The van der Waals surface area contributed by atoms with Gasteiger partial charge in [0.2, 0.25) is 0 Å². The minimum Gasteiger partial charge on any atom is -0.314 e. The number of benzene rings is 1. The molecule has 0 aliphatic heterocycles. The Kier molecular flexibility index (Phi) is 5.67. The maximum Gasteiger partial charge on any atom is 0.127 e. The van der Waals surface area contributed by atoms with E-state index in [4.69, 9.17) is 11.6 Å². The number of nitrogens with one attached hydrogen (secondary N) is 1. The second kappa shape index (κ2) is 7.05. The molecule has 106 valence electrons. The van der Waals surface area contributed by atoms with Gasteiger partial charge in [-0.05, 0) is 78.2 Å². The van der Waals surface area contributed by atoms with Gasteiger partial charge >= 0.3 is 0 Å². The Bertz CT molecular complexity index is 434. The summed E-state index contributed by atoms with van der Waals surface area (Å²) in [6.45, 7) is 3.31.